The van der Waals surface area contributed by atoms with Gasteiger partial charge in [-0.1, -0.05) is 18.2 Å². The maximum atomic E-state index is 13.1. The molecule has 2 aromatic rings. The minimum Gasteiger partial charge on any atom is -0.344 e. The Bertz CT molecular complexity index is 949. The van der Waals surface area contributed by atoms with Gasteiger partial charge in [-0.2, -0.15) is 0 Å². The Morgan fingerprint density at radius 2 is 1.88 bits per heavy atom. The second-order valence-electron chi connectivity index (χ2n) is 7.43. The number of aryl methyl sites for hydroxylation is 1. The fourth-order valence-corrected chi connectivity index (χ4v) is 4.41. The van der Waals surface area contributed by atoms with E-state index in [9.17, 15) is 14.4 Å². The normalized spacial score (nSPS) is 22.8. The highest BCUT2D eigenvalue weighted by Crippen LogP contribution is 2.30. The largest absolute Gasteiger partial charge is 0.344 e. The third-order valence-corrected chi connectivity index (χ3v) is 5.75. The van der Waals surface area contributed by atoms with Gasteiger partial charge in [-0.15, -0.1) is 0 Å². The molecule has 2 saturated heterocycles. The number of fused-ring (bicyclic) bond motifs is 3. The summed E-state index contributed by atoms with van der Waals surface area (Å²) >= 11 is 0. The molecule has 26 heavy (non-hydrogen) atoms. The molecule has 2 aliphatic rings. The van der Waals surface area contributed by atoms with Crippen LogP contribution in [0.3, 0.4) is 0 Å². The van der Waals surface area contributed by atoms with Crippen LogP contribution in [-0.2, 0) is 16.1 Å². The summed E-state index contributed by atoms with van der Waals surface area (Å²) in [5.41, 5.74) is 1.53. The van der Waals surface area contributed by atoms with Gasteiger partial charge < -0.3 is 9.80 Å². The number of carbonyl (C=O) groups excluding carboxylic acids is 2. The van der Waals surface area contributed by atoms with Crippen LogP contribution in [0.4, 0.5) is 0 Å². The van der Waals surface area contributed by atoms with E-state index in [1.54, 1.807) is 22.6 Å². The number of pyridine rings is 1. The van der Waals surface area contributed by atoms with E-state index in [2.05, 4.69) is 0 Å². The first kappa shape index (κ1) is 16.8. The molecule has 0 N–H and O–H groups in total. The number of para-hydroxylation sites is 1. The summed E-state index contributed by atoms with van der Waals surface area (Å²) in [6, 6.07) is 9.26. The van der Waals surface area contributed by atoms with Gasteiger partial charge in [0.05, 0.1) is 5.52 Å². The molecule has 0 saturated carbocycles. The quantitative estimate of drug-likeness (QED) is 0.823. The summed E-state index contributed by atoms with van der Waals surface area (Å²) < 4.78 is 1.56. The number of aromatic nitrogens is 1. The standard InChI is InChI=1S/C20H23N3O3/c1-13-9-19(25)22(17-6-4-3-5-16(13)17)12-20(26)23-14-7-8-15(23)11-21(2)18(24)10-14/h3-6,9,14-15H,7-8,10-12H2,1-2H3/t14-,15+/m1/s1. The van der Waals surface area contributed by atoms with Crippen LogP contribution in [0, 0.1) is 6.92 Å². The molecule has 6 nitrogen and oxygen atoms in total. The zero-order valence-electron chi connectivity index (χ0n) is 15.1. The highest BCUT2D eigenvalue weighted by atomic mass is 16.2. The van der Waals surface area contributed by atoms with Crippen LogP contribution >= 0.6 is 0 Å². The summed E-state index contributed by atoms with van der Waals surface area (Å²) in [5, 5.41) is 0.980. The van der Waals surface area contributed by atoms with Crippen molar-refractivity contribution in [3.05, 3.63) is 46.2 Å². The van der Waals surface area contributed by atoms with Gasteiger partial charge in [0.2, 0.25) is 11.8 Å². The van der Waals surface area contributed by atoms with Crippen molar-refractivity contribution < 1.29 is 9.59 Å². The van der Waals surface area contributed by atoms with Crippen LogP contribution in [0.15, 0.2) is 35.1 Å². The summed E-state index contributed by atoms with van der Waals surface area (Å²) in [6.45, 7) is 2.50. The topological polar surface area (TPSA) is 62.6 Å². The number of rotatable bonds is 2. The van der Waals surface area contributed by atoms with Crippen LogP contribution in [0.1, 0.15) is 24.8 Å². The minimum absolute atomic E-state index is 0.0184. The van der Waals surface area contributed by atoms with Crippen molar-refractivity contribution in [2.75, 3.05) is 13.6 Å². The SMILES string of the molecule is Cc1cc(=O)n(CC(=O)N2[C@@H]3CC[C@H]2CN(C)C(=O)C3)c2ccccc12. The van der Waals surface area contributed by atoms with Crippen molar-refractivity contribution >= 4 is 22.7 Å². The van der Waals surface area contributed by atoms with E-state index >= 15 is 0 Å². The van der Waals surface area contributed by atoms with Gasteiger partial charge in [0.25, 0.3) is 5.56 Å². The Hall–Kier alpha value is -2.63. The van der Waals surface area contributed by atoms with E-state index in [-0.39, 0.29) is 36.0 Å². The van der Waals surface area contributed by atoms with Gasteiger partial charge in [0.1, 0.15) is 6.54 Å². The van der Waals surface area contributed by atoms with Gasteiger partial charge in [0.15, 0.2) is 0 Å². The lowest BCUT2D eigenvalue weighted by Gasteiger charge is -2.28. The Balaban J connectivity index is 1.68. The molecule has 3 heterocycles. The molecular formula is C20H23N3O3. The maximum absolute atomic E-state index is 13.1. The number of likely N-dealkylation sites (tertiary alicyclic amines) is 1. The van der Waals surface area contributed by atoms with Crippen LogP contribution in [0.2, 0.25) is 0 Å². The first-order chi connectivity index (χ1) is 12.5. The number of nitrogens with zero attached hydrogens (tertiary/aromatic N) is 3. The smallest absolute Gasteiger partial charge is 0.251 e. The molecule has 4 rings (SSSR count). The van der Waals surface area contributed by atoms with Crippen molar-refractivity contribution in [3.8, 4) is 0 Å². The fraction of sp³-hybridized carbons (Fsp3) is 0.450. The van der Waals surface area contributed by atoms with Gasteiger partial charge in [-0.25, -0.2) is 0 Å². The van der Waals surface area contributed by atoms with Crippen molar-refractivity contribution in [1.82, 2.24) is 14.4 Å². The number of carbonyl (C=O) groups is 2. The molecule has 0 unspecified atom stereocenters. The first-order valence-corrected chi connectivity index (χ1v) is 9.10. The van der Waals surface area contributed by atoms with Gasteiger partial charge >= 0.3 is 0 Å². The Morgan fingerprint density at radius 1 is 1.15 bits per heavy atom. The summed E-state index contributed by atoms with van der Waals surface area (Å²) in [5.74, 6) is 0.0182. The van der Waals surface area contributed by atoms with Crippen molar-refractivity contribution in [2.45, 2.75) is 44.8 Å². The van der Waals surface area contributed by atoms with E-state index in [1.807, 2.05) is 36.1 Å². The molecule has 0 radical (unpaired) electrons. The zero-order valence-corrected chi connectivity index (χ0v) is 15.1. The molecule has 2 aliphatic heterocycles. The molecule has 2 bridgehead atoms. The van der Waals surface area contributed by atoms with Crippen molar-refractivity contribution in [2.24, 2.45) is 0 Å². The molecule has 2 fully saturated rings. The lowest BCUT2D eigenvalue weighted by molar-refractivity contribution is -0.134. The Morgan fingerprint density at radius 3 is 2.69 bits per heavy atom. The van der Waals surface area contributed by atoms with E-state index in [1.165, 1.54) is 0 Å². The maximum Gasteiger partial charge on any atom is 0.251 e. The number of likely N-dealkylation sites (N-methyl/N-ethyl adjacent to an activating group) is 1. The molecule has 2 atom stereocenters. The summed E-state index contributed by atoms with van der Waals surface area (Å²) in [4.78, 5) is 41.4. The molecule has 136 valence electrons. The van der Waals surface area contributed by atoms with E-state index in [4.69, 9.17) is 0 Å². The lowest BCUT2D eigenvalue weighted by atomic mass is 10.1. The molecule has 1 aromatic carbocycles. The predicted molar refractivity (Wildman–Crippen MR) is 98.9 cm³/mol. The number of amides is 2. The van der Waals surface area contributed by atoms with Crippen LogP contribution < -0.4 is 5.56 Å². The van der Waals surface area contributed by atoms with Crippen LogP contribution in [0.25, 0.3) is 10.9 Å². The molecule has 1 aromatic heterocycles. The lowest BCUT2D eigenvalue weighted by Crippen LogP contribution is -2.45. The van der Waals surface area contributed by atoms with Gasteiger partial charge in [-0.3, -0.25) is 19.0 Å². The van der Waals surface area contributed by atoms with Crippen molar-refractivity contribution in [3.63, 3.8) is 0 Å². The van der Waals surface area contributed by atoms with Crippen LogP contribution in [-0.4, -0.2) is 51.9 Å². The molecule has 2 amide bonds. The summed E-state index contributed by atoms with van der Waals surface area (Å²) in [6.07, 6.45) is 2.15. The molecule has 0 spiro atoms. The zero-order chi connectivity index (χ0) is 18.4. The van der Waals surface area contributed by atoms with Gasteiger partial charge in [-0.05, 0) is 31.4 Å². The average Bonchev–Trinajstić information content (AvgIpc) is 2.94. The second kappa shape index (κ2) is 6.27. The third-order valence-electron chi connectivity index (χ3n) is 5.75. The monoisotopic (exact) mass is 353 g/mol. The second-order valence-corrected chi connectivity index (χ2v) is 7.43. The number of hydrogen-bond donors (Lipinski definition) is 0. The number of benzene rings is 1. The Labute approximate surface area is 152 Å². The highest BCUT2D eigenvalue weighted by Gasteiger charge is 2.41. The molecule has 0 aliphatic carbocycles. The fourth-order valence-electron chi connectivity index (χ4n) is 4.41. The first-order valence-electron chi connectivity index (χ1n) is 9.10. The van der Waals surface area contributed by atoms with E-state index in [0.717, 1.165) is 29.3 Å². The molecule has 6 heteroatoms. The highest BCUT2D eigenvalue weighted by molar-refractivity contribution is 5.85. The summed E-state index contributed by atoms with van der Waals surface area (Å²) in [7, 11) is 1.80. The Kier molecular flexibility index (Phi) is 4.05. The average molecular weight is 353 g/mol. The minimum atomic E-state index is -0.162. The van der Waals surface area contributed by atoms with E-state index < -0.39 is 0 Å². The van der Waals surface area contributed by atoms with Crippen LogP contribution in [0.5, 0.6) is 0 Å². The third kappa shape index (κ3) is 2.69. The van der Waals surface area contributed by atoms with Gasteiger partial charge in [0, 0.05) is 43.5 Å². The van der Waals surface area contributed by atoms with E-state index in [0.29, 0.717) is 13.0 Å². The predicted octanol–water partition coefficient (Wildman–Crippen LogP) is 1.53. The number of hydrogen-bond acceptors (Lipinski definition) is 3. The molecular weight excluding hydrogens is 330 g/mol. The van der Waals surface area contributed by atoms with Crippen molar-refractivity contribution in [1.29, 1.82) is 0 Å².